The zero-order valence-corrected chi connectivity index (χ0v) is 13.5. The van der Waals surface area contributed by atoms with Crippen LogP contribution in [-0.2, 0) is 11.3 Å². The minimum Gasteiger partial charge on any atom is -0.304 e. The van der Waals surface area contributed by atoms with E-state index in [0.29, 0.717) is 12.5 Å². The summed E-state index contributed by atoms with van der Waals surface area (Å²) < 4.78 is 0.897. The number of hydrogen-bond acceptors (Lipinski definition) is 3. The quantitative estimate of drug-likeness (QED) is 0.833. The number of amides is 3. The molecule has 21 heavy (non-hydrogen) atoms. The van der Waals surface area contributed by atoms with Gasteiger partial charge in [0.25, 0.3) is 5.91 Å². The first-order valence-corrected chi connectivity index (χ1v) is 8.04. The molecule has 3 rings (SSSR count). The van der Waals surface area contributed by atoms with Crippen molar-refractivity contribution in [3.05, 3.63) is 28.5 Å². The Kier molecular flexibility index (Phi) is 3.73. The summed E-state index contributed by atoms with van der Waals surface area (Å²) in [6, 6.07) is 3.48. The molecular weight excluding hydrogens is 334 g/mol. The van der Waals surface area contributed by atoms with Gasteiger partial charge in [-0.3, -0.25) is 15.1 Å². The molecule has 1 saturated carbocycles. The molecule has 1 aromatic heterocycles. The summed E-state index contributed by atoms with van der Waals surface area (Å²) in [5.74, 6) is 0.312. The second-order valence-corrected chi connectivity index (χ2v) is 6.96. The van der Waals surface area contributed by atoms with Crippen molar-refractivity contribution in [1.29, 1.82) is 0 Å². The van der Waals surface area contributed by atoms with Crippen LogP contribution >= 0.6 is 15.9 Å². The van der Waals surface area contributed by atoms with Gasteiger partial charge in [0, 0.05) is 10.7 Å². The molecule has 1 saturated heterocycles. The van der Waals surface area contributed by atoms with E-state index in [1.165, 1.54) is 0 Å². The standard InChI is InChI=1S/C15H18BrN3O2/c1-10-3-2-6-15(7-10)13(20)18-14(21)19(15)9-12-5-4-11(16)8-17-12/h4-5,8,10H,2-3,6-7,9H2,1H3,(H,18,20,21). The molecule has 1 aromatic rings. The van der Waals surface area contributed by atoms with Crippen molar-refractivity contribution in [2.45, 2.75) is 44.7 Å². The fourth-order valence-electron chi connectivity index (χ4n) is 3.46. The third kappa shape index (κ3) is 2.57. The summed E-state index contributed by atoms with van der Waals surface area (Å²) in [5, 5.41) is 2.49. The van der Waals surface area contributed by atoms with Crippen molar-refractivity contribution < 1.29 is 9.59 Å². The second-order valence-electron chi connectivity index (χ2n) is 6.05. The van der Waals surface area contributed by atoms with Crippen LogP contribution in [0.3, 0.4) is 0 Å². The van der Waals surface area contributed by atoms with E-state index in [0.717, 1.165) is 35.8 Å². The number of urea groups is 1. The molecule has 0 bridgehead atoms. The minimum absolute atomic E-state index is 0.142. The van der Waals surface area contributed by atoms with Crippen LogP contribution in [0.25, 0.3) is 0 Å². The third-order valence-electron chi connectivity index (χ3n) is 4.49. The number of carbonyl (C=O) groups is 2. The van der Waals surface area contributed by atoms with Crippen molar-refractivity contribution in [1.82, 2.24) is 15.2 Å². The lowest BCUT2D eigenvalue weighted by atomic mass is 9.75. The SMILES string of the molecule is CC1CCCC2(C1)C(=O)NC(=O)N2Cc1ccc(Br)cn1. The zero-order chi connectivity index (χ0) is 15.0. The van der Waals surface area contributed by atoms with Crippen molar-refractivity contribution in [2.24, 2.45) is 5.92 Å². The topological polar surface area (TPSA) is 62.3 Å². The molecule has 1 N–H and O–H groups in total. The molecule has 0 radical (unpaired) electrons. The number of rotatable bonds is 2. The molecule has 0 aromatic carbocycles. The highest BCUT2D eigenvalue weighted by Gasteiger charge is 2.54. The van der Waals surface area contributed by atoms with E-state index in [4.69, 9.17) is 0 Å². The molecule has 2 heterocycles. The predicted molar refractivity (Wildman–Crippen MR) is 81.4 cm³/mol. The van der Waals surface area contributed by atoms with Crippen LogP contribution < -0.4 is 5.32 Å². The van der Waals surface area contributed by atoms with E-state index in [-0.39, 0.29) is 11.9 Å². The molecule has 2 unspecified atom stereocenters. The van der Waals surface area contributed by atoms with Crippen LogP contribution in [0.4, 0.5) is 4.79 Å². The Balaban J connectivity index is 1.88. The van der Waals surface area contributed by atoms with Crippen molar-refractivity contribution >= 4 is 27.9 Å². The largest absolute Gasteiger partial charge is 0.325 e. The van der Waals surface area contributed by atoms with Gasteiger partial charge in [-0.25, -0.2) is 4.79 Å². The van der Waals surface area contributed by atoms with Gasteiger partial charge in [0.15, 0.2) is 0 Å². The van der Waals surface area contributed by atoms with Crippen molar-refractivity contribution in [3.8, 4) is 0 Å². The monoisotopic (exact) mass is 351 g/mol. The molecule has 6 heteroatoms. The fraction of sp³-hybridized carbons (Fsp3) is 0.533. The molecule has 112 valence electrons. The number of imide groups is 1. The fourth-order valence-corrected chi connectivity index (χ4v) is 3.69. The highest BCUT2D eigenvalue weighted by atomic mass is 79.9. The number of hydrogen-bond donors (Lipinski definition) is 1. The van der Waals surface area contributed by atoms with Crippen molar-refractivity contribution in [2.75, 3.05) is 0 Å². The number of pyridine rings is 1. The third-order valence-corrected chi connectivity index (χ3v) is 4.96. The first kappa shape index (κ1) is 14.5. The highest BCUT2D eigenvalue weighted by molar-refractivity contribution is 9.10. The molecule has 2 atom stereocenters. The van der Waals surface area contributed by atoms with E-state index >= 15 is 0 Å². The second kappa shape index (κ2) is 5.40. The Morgan fingerprint density at radius 3 is 2.95 bits per heavy atom. The molecule has 2 fully saturated rings. The molecule has 1 aliphatic heterocycles. The Bertz CT molecular complexity index is 575. The number of halogens is 1. The Hall–Kier alpha value is -1.43. The molecular formula is C15H18BrN3O2. The summed E-state index contributed by atoms with van der Waals surface area (Å²) in [6.45, 7) is 2.52. The van der Waals surface area contributed by atoms with E-state index < -0.39 is 5.54 Å². The van der Waals surface area contributed by atoms with Crippen molar-refractivity contribution in [3.63, 3.8) is 0 Å². The van der Waals surface area contributed by atoms with Crippen LogP contribution in [-0.4, -0.2) is 27.4 Å². The Morgan fingerprint density at radius 1 is 1.48 bits per heavy atom. The van der Waals surface area contributed by atoms with E-state index in [2.05, 4.69) is 33.2 Å². The van der Waals surface area contributed by atoms with Gasteiger partial charge in [-0.2, -0.15) is 0 Å². The van der Waals surface area contributed by atoms with E-state index in [9.17, 15) is 9.59 Å². The maximum Gasteiger partial charge on any atom is 0.325 e. The van der Waals surface area contributed by atoms with Gasteiger partial charge in [0.2, 0.25) is 0 Å². The first-order valence-electron chi connectivity index (χ1n) is 7.25. The average Bonchev–Trinajstić information content (AvgIpc) is 2.65. The lowest BCUT2D eigenvalue weighted by Crippen LogP contribution is -2.52. The van der Waals surface area contributed by atoms with Gasteiger partial charge in [0.1, 0.15) is 5.54 Å². The smallest absolute Gasteiger partial charge is 0.304 e. The summed E-state index contributed by atoms with van der Waals surface area (Å²) in [5.41, 5.74) is 0.115. The molecule has 3 amide bonds. The number of aromatic nitrogens is 1. The van der Waals surface area contributed by atoms with Crippen LogP contribution in [0.2, 0.25) is 0 Å². The maximum absolute atomic E-state index is 12.4. The van der Waals surface area contributed by atoms with Crippen LogP contribution in [0.5, 0.6) is 0 Å². The van der Waals surface area contributed by atoms with Crippen LogP contribution in [0.15, 0.2) is 22.8 Å². The van der Waals surface area contributed by atoms with Crippen LogP contribution in [0, 0.1) is 5.92 Å². The predicted octanol–water partition coefficient (Wildman–Crippen LogP) is 2.84. The van der Waals surface area contributed by atoms with Gasteiger partial charge in [0.05, 0.1) is 12.2 Å². The molecule has 5 nitrogen and oxygen atoms in total. The maximum atomic E-state index is 12.4. The average molecular weight is 352 g/mol. The highest BCUT2D eigenvalue weighted by Crippen LogP contribution is 2.40. The number of nitrogens with one attached hydrogen (secondary N) is 1. The zero-order valence-electron chi connectivity index (χ0n) is 11.9. The van der Waals surface area contributed by atoms with Crippen LogP contribution in [0.1, 0.15) is 38.3 Å². The number of carbonyl (C=O) groups excluding carboxylic acids is 2. The summed E-state index contributed by atoms with van der Waals surface area (Å²) >= 11 is 3.35. The lowest BCUT2D eigenvalue weighted by Gasteiger charge is -2.40. The van der Waals surface area contributed by atoms with Gasteiger partial charge in [-0.1, -0.05) is 19.8 Å². The Morgan fingerprint density at radius 2 is 2.29 bits per heavy atom. The Labute approximate surface area is 132 Å². The van der Waals surface area contributed by atoms with Gasteiger partial charge in [-0.15, -0.1) is 0 Å². The molecule has 1 spiro atoms. The lowest BCUT2D eigenvalue weighted by molar-refractivity contribution is -0.129. The summed E-state index contributed by atoms with van der Waals surface area (Å²) in [7, 11) is 0. The number of nitrogens with zero attached hydrogens (tertiary/aromatic N) is 2. The first-order chi connectivity index (χ1) is 10.0. The normalized spacial score (nSPS) is 29.0. The summed E-state index contributed by atoms with van der Waals surface area (Å²) in [6.07, 6.45) is 5.29. The van der Waals surface area contributed by atoms with Gasteiger partial charge in [-0.05, 0) is 46.8 Å². The molecule has 2 aliphatic rings. The van der Waals surface area contributed by atoms with Gasteiger partial charge < -0.3 is 4.90 Å². The summed E-state index contributed by atoms with van der Waals surface area (Å²) in [4.78, 5) is 30.6. The van der Waals surface area contributed by atoms with E-state index in [1.54, 1.807) is 11.1 Å². The molecule has 1 aliphatic carbocycles. The van der Waals surface area contributed by atoms with E-state index in [1.807, 2.05) is 12.1 Å². The van der Waals surface area contributed by atoms with Gasteiger partial charge >= 0.3 is 6.03 Å². The minimum atomic E-state index is -0.677.